The number of aryl methyl sites for hydroxylation is 1. The maximum absolute atomic E-state index is 13.4. The average Bonchev–Trinajstić information content (AvgIpc) is 2.34. The highest BCUT2D eigenvalue weighted by Crippen LogP contribution is 2.10. The third-order valence-corrected chi connectivity index (χ3v) is 2.78. The van der Waals surface area contributed by atoms with E-state index in [9.17, 15) is 8.78 Å². The zero-order chi connectivity index (χ0) is 13.0. The topological polar surface area (TPSA) is 24.9 Å². The van der Waals surface area contributed by atoms with E-state index in [2.05, 4.69) is 10.3 Å². The molecule has 0 saturated heterocycles. The summed E-state index contributed by atoms with van der Waals surface area (Å²) >= 11 is 0. The fraction of sp³-hybridized carbons (Fsp3) is 0.214. The van der Waals surface area contributed by atoms with Gasteiger partial charge in [-0.1, -0.05) is 6.07 Å². The van der Waals surface area contributed by atoms with E-state index in [1.54, 1.807) is 12.4 Å². The van der Waals surface area contributed by atoms with Gasteiger partial charge >= 0.3 is 0 Å². The lowest BCUT2D eigenvalue weighted by molar-refractivity contribution is 0.560. The van der Waals surface area contributed by atoms with E-state index in [0.717, 1.165) is 17.2 Å². The van der Waals surface area contributed by atoms with Crippen molar-refractivity contribution in [3.05, 3.63) is 65.0 Å². The Bertz CT molecular complexity index is 541. The molecule has 0 unspecified atom stereocenters. The van der Waals surface area contributed by atoms with E-state index in [4.69, 9.17) is 0 Å². The lowest BCUT2D eigenvalue weighted by atomic mass is 10.1. The van der Waals surface area contributed by atoms with E-state index >= 15 is 0 Å². The Morgan fingerprint density at radius 3 is 2.61 bits per heavy atom. The summed E-state index contributed by atoms with van der Waals surface area (Å²) in [5.74, 6) is -1.07. The van der Waals surface area contributed by atoms with E-state index in [1.165, 1.54) is 12.1 Å². The quantitative estimate of drug-likeness (QED) is 0.899. The molecule has 2 aromatic rings. The van der Waals surface area contributed by atoms with Gasteiger partial charge in [0, 0.05) is 37.1 Å². The molecule has 0 aliphatic rings. The first kappa shape index (κ1) is 12.6. The smallest absolute Gasteiger partial charge is 0.130 e. The number of benzene rings is 1. The van der Waals surface area contributed by atoms with E-state index < -0.39 is 11.6 Å². The molecule has 0 fully saturated rings. The van der Waals surface area contributed by atoms with Crippen LogP contribution in [0.1, 0.15) is 16.7 Å². The van der Waals surface area contributed by atoms with E-state index in [-0.39, 0.29) is 0 Å². The van der Waals surface area contributed by atoms with Gasteiger partial charge in [0.1, 0.15) is 11.6 Å². The molecular weight excluding hydrogens is 234 g/mol. The second kappa shape index (κ2) is 5.69. The Hall–Kier alpha value is -1.81. The summed E-state index contributed by atoms with van der Waals surface area (Å²) in [6.45, 7) is 2.97. The van der Waals surface area contributed by atoms with Crippen molar-refractivity contribution >= 4 is 0 Å². The molecule has 18 heavy (non-hydrogen) atoms. The molecule has 1 heterocycles. The van der Waals surface area contributed by atoms with Crippen LogP contribution in [-0.4, -0.2) is 4.98 Å². The van der Waals surface area contributed by atoms with Crippen LogP contribution in [0.2, 0.25) is 0 Å². The Morgan fingerprint density at radius 2 is 1.89 bits per heavy atom. The van der Waals surface area contributed by atoms with Gasteiger partial charge in [0.25, 0.3) is 0 Å². The summed E-state index contributed by atoms with van der Waals surface area (Å²) in [7, 11) is 0. The minimum absolute atomic E-state index is 0.369. The molecule has 0 saturated carbocycles. The Kier molecular flexibility index (Phi) is 3.99. The predicted molar refractivity (Wildman–Crippen MR) is 65.9 cm³/mol. The molecular formula is C14H14F2N2. The van der Waals surface area contributed by atoms with Gasteiger partial charge in [-0.05, 0) is 30.2 Å². The lowest BCUT2D eigenvalue weighted by Crippen LogP contribution is -2.14. The molecule has 4 heteroatoms. The van der Waals surface area contributed by atoms with Gasteiger partial charge in [-0.25, -0.2) is 8.78 Å². The largest absolute Gasteiger partial charge is 0.308 e. The minimum atomic E-state index is -0.554. The van der Waals surface area contributed by atoms with Crippen LogP contribution in [-0.2, 0) is 13.1 Å². The highest BCUT2D eigenvalue weighted by molar-refractivity contribution is 5.22. The van der Waals surface area contributed by atoms with Crippen molar-refractivity contribution in [3.8, 4) is 0 Å². The molecule has 1 N–H and O–H groups in total. The van der Waals surface area contributed by atoms with Crippen molar-refractivity contribution in [2.24, 2.45) is 0 Å². The van der Waals surface area contributed by atoms with Crippen molar-refractivity contribution in [1.82, 2.24) is 10.3 Å². The Labute approximate surface area is 105 Å². The Balaban J connectivity index is 1.95. The fourth-order valence-electron chi connectivity index (χ4n) is 1.70. The van der Waals surface area contributed by atoms with Crippen LogP contribution < -0.4 is 5.32 Å². The van der Waals surface area contributed by atoms with Crippen LogP contribution in [0, 0.1) is 18.6 Å². The number of aromatic nitrogens is 1. The standard InChI is InChI=1S/C14H14F2N2/c1-10-7-17-5-4-11(10)8-18-9-12-2-3-13(15)6-14(12)16/h2-7,18H,8-9H2,1H3. The van der Waals surface area contributed by atoms with Crippen LogP contribution in [0.4, 0.5) is 8.78 Å². The number of rotatable bonds is 4. The molecule has 0 amide bonds. The van der Waals surface area contributed by atoms with Gasteiger partial charge in [-0.3, -0.25) is 4.98 Å². The molecule has 0 aliphatic carbocycles. The van der Waals surface area contributed by atoms with Crippen molar-refractivity contribution in [2.75, 3.05) is 0 Å². The van der Waals surface area contributed by atoms with Crippen molar-refractivity contribution in [1.29, 1.82) is 0 Å². The van der Waals surface area contributed by atoms with E-state index in [0.29, 0.717) is 18.7 Å². The number of pyridine rings is 1. The molecule has 0 radical (unpaired) electrons. The second-order valence-corrected chi connectivity index (χ2v) is 4.14. The summed E-state index contributed by atoms with van der Waals surface area (Å²) in [6.07, 6.45) is 3.51. The third kappa shape index (κ3) is 3.11. The maximum atomic E-state index is 13.4. The van der Waals surface area contributed by atoms with Gasteiger partial charge in [-0.15, -0.1) is 0 Å². The van der Waals surface area contributed by atoms with E-state index in [1.807, 2.05) is 13.0 Å². The fourth-order valence-corrected chi connectivity index (χ4v) is 1.70. The molecule has 1 aromatic carbocycles. The number of hydrogen-bond donors (Lipinski definition) is 1. The number of nitrogens with zero attached hydrogens (tertiary/aromatic N) is 1. The van der Waals surface area contributed by atoms with Crippen molar-refractivity contribution < 1.29 is 8.78 Å². The highest BCUT2D eigenvalue weighted by Gasteiger charge is 2.03. The van der Waals surface area contributed by atoms with Crippen LogP contribution in [0.25, 0.3) is 0 Å². The number of halogens is 2. The van der Waals surface area contributed by atoms with Gasteiger partial charge in [-0.2, -0.15) is 0 Å². The maximum Gasteiger partial charge on any atom is 0.130 e. The zero-order valence-electron chi connectivity index (χ0n) is 10.1. The summed E-state index contributed by atoms with van der Waals surface area (Å²) < 4.78 is 26.1. The molecule has 0 spiro atoms. The first-order chi connectivity index (χ1) is 8.66. The first-order valence-corrected chi connectivity index (χ1v) is 5.71. The molecule has 0 aliphatic heterocycles. The lowest BCUT2D eigenvalue weighted by Gasteiger charge is -2.08. The normalized spacial score (nSPS) is 10.6. The highest BCUT2D eigenvalue weighted by atomic mass is 19.1. The predicted octanol–water partition coefficient (Wildman–Crippen LogP) is 2.96. The minimum Gasteiger partial charge on any atom is -0.308 e. The van der Waals surface area contributed by atoms with Crippen LogP contribution in [0.5, 0.6) is 0 Å². The summed E-state index contributed by atoms with van der Waals surface area (Å²) in [6, 6.07) is 5.53. The van der Waals surface area contributed by atoms with Crippen LogP contribution >= 0.6 is 0 Å². The Morgan fingerprint density at radius 1 is 1.11 bits per heavy atom. The molecule has 2 rings (SSSR count). The zero-order valence-corrected chi connectivity index (χ0v) is 10.1. The third-order valence-electron chi connectivity index (χ3n) is 2.78. The average molecular weight is 248 g/mol. The van der Waals surface area contributed by atoms with Gasteiger partial charge < -0.3 is 5.32 Å². The SMILES string of the molecule is Cc1cnccc1CNCc1ccc(F)cc1F. The first-order valence-electron chi connectivity index (χ1n) is 5.71. The van der Waals surface area contributed by atoms with Crippen LogP contribution in [0.15, 0.2) is 36.7 Å². The van der Waals surface area contributed by atoms with Gasteiger partial charge in [0.2, 0.25) is 0 Å². The van der Waals surface area contributed by atoms with Crippen molar-refractivity contribution in [2.45, 2.75) is 20.0 Å². The molecule has 94 valence electrons. The molecule has 0 atom stereocenters. The molecule has 0 bridgehead atoms. The second-order valence-electron chi connectivity index (χ2n) is 4.14. The monoisotopic (exact) mass is 248 g/mol. The molecule has 2 nitrogen and oxygen atoms in total. The molecule has 1 aromatic heterocycles. The van der Waals surface area contributed by atoms with Crippen molar-refractivity contribution in [3.63, 3.8) is 0 Å². The van der Waals surface area contributed by atoms with Gasteiger partial charge in [0.15, 0.2) is 0 Å². The summed E-state index contributed by atoms with van der Waals surface area (Å²) in [4.78, 5) is 4.01. The summed E-state index contributed by atoms with van der Waals surface area (Å²) in [5, 5.41) is 3.13. The van der Waals surface area contributed by atoms with Crippen LogP contribution in [0.3, 0.4) is 0 Å². The van der Waals surface area contributed by atoms with Gasteiger partial charge in [0.05, 0.1) is 0 Å². The number of nitrogens with one attached hydrogen (secondary N) is 1. The number of hydrogen-bond acceptors (Lipinski definition) is 2. The summed E-state index contributed by atoms with van der Waals surface area (Å²) in [5.41, 5.74) is 2.67.